The number of nitrogens with zero attached hydrogens (tertiary/aromatic N) is 1. The quantitative estimate of drug-likeness (QED) is 0.400. The molecule has 3 amide bonds. The van der Waals surface area contributed by atoms with E-state index in [0.717, 1.165) is 29.5 Å². The maximum Gasteiger partial charge on any atom is 0.408 e. The second-order valence-corrected chi connectivity index (χ2v) is 12.3. The molecule has 1 aromatic rings. The first-order chi connectivity index (χ1) is 16.6. The Bertz CT molecular complexity index is 870. The van der Waals surface area contributed by atoms with Crippen LogP contribution >= 0.6 is 11.8 Å². The summed E-state index contributed by atoms with van der Waals surface area (Å²) in [6, 6.07) is 4.26. The molecule has 0 radical (unpaired) electrons. The smallest absolute Gasteiger partial charge is 0.408 e. The van der Waals surface area contributed by atoms with E-state index in [-0.39, 0.29) is 11.8 Å². The number of rotatable bonds is 11. The second-order valence-electron chi connectivity index (χ2n) is 11.3. The van der Waals surface area contributed by atoms with Crippen molar-refractivity contribution in [3.05, 3.63) is 34.9 Å². The highest BCUT2D eigenvalue weighted by Crippen LogP contribution is 2.30. The van der Waals surface area contributed by atoms with Crippen LogP contribution in [0.2, 0.25) is 0 Å². The molecule has 0 bridgehead atoms. The van der Waals surface area contributed by atoms with Crippen molar-refractivity contribution in [3.8, 4) is 0 Å². The van der Waals surface area contributed by atoms with E-state index in [1.54, 1.807) is 37.4 Å². The summed E-state index contributed by atoms with van der Waals surface area (Å²) in [5.41, 5.74) is 1.55. The molecule has 7 nitrogen and oxygen atoms in total. The number of hydrogen-bond donors (Lipinski definition) is 2. The molecular formula is C28H47N3O4S. The number of alkyl carbamates (subject to hydrolysis) is 1. The monoisotopic (exact) mass is 521 g/mol. The normalized spacial score (nSPS) is 13.5. The van der Waals surface area contributed by atoms with Crippen molar-refractivity contribution in [2.24, 2.45) is 0 Å². The van der Waals surface area contributed by atoms with Crippen molar-refractivity contribution in [3.63, 3.8) is 0 Å². The van der Waals surface area contributed by atoms with E-state index in [1.165, 1.54) is 0 Å². The van der Waals surface area contributed by atoms with Crippen LogP contribution < -0.4 is 10.6 Å². The van der Waals surface area contributed by atoms with Crippen LogP contribution in [0.1, 0.15) is 90.5 Å². The number of hydrogen-bond acceptors (Lipinski definition) is 5. The van der Waals surface area contributed by atoms with Crippen molar-refractivity contribution in [1.29, 1.82) is 0 Å². The molecule has 0 heterocycles. The predicted octanol–water partition coefficient (Wildman–Crippen LogP) is 5.53. The maximum atomic E-state index is 14.1. The molecule has 0 aromatic heterocycles. The first-order valence-electron chi connectivity index (χ1n) is 12.8. The van der Waals surface area contributed by atoms with Gasteiger partial charge in [0.2, 0.25) is 11.8 Å². The van der Waals surface area contributed by atoms with E-state index < -0.39 is 29.3 Å². The van der Waals surface area contributed by atoms with E-state index in [9.17, 15) is 14.4 Å². The maximum absolute atomic E-state index is 14.1. The molecule has 0 spiro atoms. The highest BCUT2D eigenvalue weighted by molar-refractivity contribution is 7.98. The summed E-state index contributed by atoms with van der Waals surface area (Å²) in [5.74, 6) is 0.168. The van der Waals surface area contributed by atoms with Crippen LogP contribution in [0.15, 0.2) is 18.2 Å². The molecule has 204 valence electrons. The largest absolute Gasteiger partial charge is 0.444 e. The molecule has 0 saturated heterocycles. The SMILES string of the molecule is CCCCN(C(=O)C(CCSC)NC(=O)OC(C)(C)C)C(C(=O)NC(C)(C)C)c1c(C)cccc1C. The minimum Gasteiger partial charge on any atom is -0.444 e. The standard InChI is InChI=1S/C28H47N3O4S/c1-11-12-17-31(25(33)21(16-18-36-10)29-26(34)35-28(7,8)9)23(24(32)30-27(4,5)6)22-19(2)14-13-15-20(22)3/h13-15,21,23H,11-12,16-18H2,1-10H3,(H,29,34)(H,30,32). The van der Waals surface area contributed by atoms with Gasteiger partial charge in [-0.3, -0.25) is 9.59 Å². The zero-order valence-electron chi connectivity index (χ0n) is 23.9. The number of nitrogens with one attached hydrogen (secondary N) is 2. The minimum atomic E-state index is -0.818. The van der Waals surface area contributed by atoms with Gasteiger partial charge >= 0.3 is 6.09 Å². The lowest BCUT2D eigenvalue weighted by Gasteiger charge is -2.37. The molecule has 2 unspecified atom stereocenters. The van der Waals surface area contributed by atoms with Gasteiger partial charge in [-0.25, -0.2) is 4.79 Å². The Morgan fingerprint density at radius 3 is 2.11 bits per heavy atom. The van der Waals surface area contributed by atoms with Crippen LogP contribution in [0, 0.1) is 13.8 Å². The third-order valence-electron chi connectivity index (χ3n) is 5.51. The van der Waals surface area contributed by atoms with Crippen LogP contribution in [0.4, 0.5) is 4.79 Å². The number of unbranched alkanes of at least 4 members (excludes halogenated alkanes) is 1. The molecular weight excluding hydrogens is 474 g/mol. The fourth-order valence-corrected chi connectivity index (χ4v) is 4.43. The Morgan fingerprint density at radius 2 is 1.64 bits per heavy atom. The topological polar surface area (TPSA) is 87.7 Å². The number of carbonyl (C=O) groups is 3. The van der Waals surface area contributed by atoms with Gasteiger partial charge in [0.15, 0.2) is 0 Å². The van der Waals surface area contributed by atoms with Crippen molar-refractivity contribution in [2.45, 2.75) is 105 Å². The van der Waals surface area contributed by atoms with Gasteiger partial charge in [-0.1, -0.05) is 31.5 Å². The Kier molecular flexibility index (Phi) is 12.3. The molecule has 0 aliphatic heterocycles. The summed E-state index contributed by atoms with van der Waals surface area (Å²) in [4.78, 5) is 42.2. The van der Waals surface area contributed by atoms with Crippen LogP contribution in [-0.4, -0.2) is 58.5 Å². The van der Waals surface area contributed by atoms with Gasteiger partial charge in [0.25, 0.3) is 0 Å². The van der Waals surface area contributed by atoms with Crippen molar-refractivity contribution in [1.82, 2.24) is 15.5 Å². The van der Waals surface area contributed by atoms with E-state index in [1.807, 2.05) is 59.1 Å². The molecule has 0 saturated carbocycles. The van der Waals surface area contributed by atoms with Crippen molar-refractivity contribution >= 4 is 29.7 Å². The molecule has 0 fully saturated rings. The van der Waals surface area contributed by atoms with Crippen molar-refractivity contribution in [2.75, 3.05) is 18.6 Å². The average Bonchev–Trinajstić information content (AvgIpc) is 2.72. The third kappa shape index (κ3) is 10.4. The molecule has 0 aliphatic rings. The Morgan fingerprint density at radius 1 is 1.06 bits per heavy atom. The summed E-state index contributed by atoms with van der Waals surface area (Å²) >= 11 is 1.60. The highest BCUT2D eigenvalue weighted by atomic mass is 32.2. The van der Waals surface area contributed by atoms with Gasteiger partial charge in [0.1, 0.15) is 17.7 Å². The molecule has 2 N–H and O–H groups in total. The van der Waals surface area contributed by atoms with E-state index in [4.69, 9.17) is 4.74 Å². The summed E-state index contributed by atoms with van der Waals surface area (Å²) in [5, 5.41) is 5.88. The number of amides is 3. The van der Waals surface area contributed by atoms with Gasteiger partial charge in [-0.2, -0.15) is 11.8 Å². The fourth-order valence-electron chi connectivity index (χ4n) is 3.96. The molecule has 2 atom stereocenters. The lowest BCUT2D eigenvalue weighted by molar-refractivity contribution is -0.143. The van der Waals surface area contributed by atoms with Gasteiger partial charge in [0.05, 0.1) is 0 Å². The summed E-state index contributed by atoms with van der Waals surface area (Å²) in [7, 11) is 0. The second kappa shape index (κ2) is 13.9. The Balaban J connectivity index is 3.58. The first-order valence-corrected chi connectivity index (χ1v) is 14.2. The van der Waals surface area contributed by atoms with E-state index in [2.05, 4.69) is 17.6 Å². The average molecular weight is 522 g/mol. The molecule has 8 heteroatoms. The number of thioether (sulfide) groups is 1. The van der Waals surface area contributed by atoms with Gasteiger partial charge in [0, 0.05) is 12.1 Å². The third-order valence-corrected chi connectivity index (χ3v) is 6.15. The number of benzene rings is 1. The predicted molar refractivity (Wildman–Crippen MR) is 149 cm³/mol. The lowest BCUT2D eigenvalue weighted by Crippen LogP contribution is -2.55. The first kappa shape index (κ1) is 31.8. The lowest BCUT2D eigenvalue weighted by atomic mass is 9.92. The van der Waals surface area contributed by atoms with Crippen LogP contribution in [0.25, 0.3) is 0 Å². The summed E-state index contributed by atoms with van der Waals surface area (Å²) in [6.45, 7) is 17.5. The number of ether oxygens (including phenoxy) is 1. The number of aryl methyl sites for hydroxylation is 2. The summed E-state index contributed by atoms with van der Waals surface area (Å²) < 4.78 is 5.45. The number of carbonyl (C=O) groups excluding carboxylic acids is 3. The molecule has 1 aromatic carbocycles. The van der Waals surface area contributed by atoms with Crippen LogP contribution in [-0.2, 0) is 14.3 Å². The van der Waals surface area contributed by atoms with Gasteiger partial charge < -0.3 is 20.3 Å². The Hall–Kier alpha value is -2.22. The van der Waals surface area contributed by atoms with E-state index >= 15 is 0 Å². The van der Waals surface area contributed by atoms with Crippen LogP contribution in [0.5, 0.6) is 0 Å². The van der Waals surface area contributed by atoms with E-state index in [0.29, 0.717) is 18.7 Å². The zero-order valence-corrected chi connectivity index (χ0v) is 24.7. The molecule has 1 rings (SSSR count). The fraction of sp³-hybridized carbons (Fsp3) is 0.679. The zero-order chi connectivity index (χ0) is 27.7. The van der Waals surface area contributed by atoms with Gasteiger partial charge in [-0.15, -0.1) is 0 Å². The van der Waals surface area contributed by atoms with Crippen molar-refractivity contribution < 1.29 is 19.1 Å². The molecule has 0 aliphatic carbocycles. The highest BCUT2D eigenvalue weighted by Gasteiger charge is 2.38. The minimum absolute atomic E-state index is 0.231. The molecule has 36 heavy (non-hydrogen) atoms. The van der Waals surface area contributed by atoms with Crippen LogP contribution in [0.3, 0.4) is 0 Å². The van der Waals surface area contributed by atoms with Gasteiger partial charge in [-0.05, 0) is 96.9 Å². The summed E-state index contributed by atoms with van der Waals surface area (Å²) in [6.07, 6.45) is 3.35. The Labute approximate surface area is 222 Å².